The fourth-order valence-corrected chi connectivity index (χ4v) is 4.45. The molecule has 2 aromatic carbocycles. The summed E-state index contributed by atoms with van der Waals surface area (Å²) in [4.78, 5) is 41.9. The summed E-state index contributed by atoms with van der Waals surface area (Å²) >= 11 is 12.8. The highest BCUT2D eigenvalue weighted by Gasteiger charge is 2.26. The first-order valence-electron chi connectivity index (χ1n) is 11.3. The number of halogens is 2. The quantitative estimate of drug-likeness (QED) is 0.430. The van der Waals surface area contributed by atoms with Crippen LogP contribution in [0.2, 0.25) is 10.0 Å². The standard InChI is InChI=1S/C26H23Cl2N3O5/c27-19-14-22(20(28)13-17(19)9-10-23(32)30-15-24(33)34)36-25-18(7-3-11-29-25)26(35)31-12-4-6-16-5-1-2-8-21(16)31/h1-3,5,7-8,11,13-14H,4,6,9-10,12,15H2,(H,30,32)(H,33,34). The second kappa shape index (κ2) is 11.4. The SMILES string of the molecule is O=C(O)CNC(=O)CCc1cc(Cl)c(Oc2ncccc2C(=O)N2CCCc3ccccc32)cc1Cl. The topological polar surface area (TPSA) is 109 Å². The molecule has 1 aromatic heterocycles. The largest absolute Gasteiger partial charge is 0.480 e. The van der Waals surface area contributed by atoms with Crippen molar-refractivity contribution in [3.8, 4) is 11.6 Å². The molecule has 0 aliphatic carbocycles. The lowest BCUT2D eigenvalue weighted by Crippen LogP contribution is -2.35. The summed E-state index contributed by atoms with van der Waals surface area (Å²) in [5.74, 6) is -1.45. The number of hydrogen-bond donors (Lipinski definition) is 2. The van der Waals surface area contributed by atoms with E-state index in [-0.39, 0.29) is 35.4 Å². The van der Waals surface area contributed by atoms with Gasteiger partial charge in [-0.3, -0.25) is 14.4 Å². The van der Waals surface area contributed by atoms with Gasteiger partial charge in [-0.25, -0.2) is 4.98 Å². The molecular weight excluding hydrogens is 505 g/mol. The summed E-state index contributed by atoms with van der Waals surface area (Å²) in [6, 6.07) is 14.2. The predicted molar refractivity (Wildman–Crippen MR) is 136 cm³/mol. The number of carboxylic acid groups (broad SMARTS) is 1. The van der Waals surface area contributed by atoms with E-state index in [0.717, 1.165) is 24.1 Å². The minimum atomic E-state index is -1.12. The third kappa shape index (κ3) is 5.95. The molecule has 0 bridgehead atoms. The summed E-state index contributed by atoms with van der Waals surface area (Å²) in [6.45, 7) is 0.139. The Bertz CT molecular complexity index is 1310. The Morgan fingerprint density at radius 2 is 1.89 bits per heavy atom. The fraction of sp³-hybridized carbons (Fsp3) is 0.231. The molecule has 2 N–H and O–H groups in total. The highest BCUT2D eigenvalue weighted by Crippen LogP contribution is 2.36. The molecule has 2 heterocycles. The number of aliphatic carboxylic acids is 1. The maximum atomic E-state index is 13.5. The molecule has 3 aromatic rings. The number of carbonyl (C=O) groups is 3. The lowest BCUT2D eigenvalue weighted by molar-refractivity contribution is -0.137. The van der Waals surface area contributed by atoms with Gasteiger partial charge in [-0.15, -0.1) is 0 Å². The predicted octanol–water partition coefficient (Wildman–Crippen LogP) is 4.91. The summed E-state index contributed by atoms with van der Waals surface area (Å²) in [5, 5.41) is 11.5. The van der Waals surface area contributed by atoms with E-state index in [1.54, 1.807) is 23.1 Å². The number of rotatable bonds is 8. The van der Waals surface area contributed by atoms with Gasteiger partial charge in [-0.05, 0) is 54.7 Å². The number of pyridine rings is 1. The summed E-state index contributed by atoms with van der Waals surface area (Å²) in [5.41, 5.74) is 2.88. The number of ether oxygens (including phenoxy) is 1. The third-order valence-electron chi connectivity index (χ3n) is 5.72. The Morgan fingerprint density at radius 3 is 2.69 bits per heavy atom. The zero-order valence-corrected chi connectivity index (χ0v) is 20.7. The number of aromatic nitrogens is 1. The Kier molecular flexibility index (Phi) is 8.07. The van der Waals surface area contributed by atoms with Crippen LogP contribution < -0.4 is 15.0 Å². The molecular formula is C26H23Cl2N3O5. The average Bonchev–Trinajstić information content (AvgIpc) is 2.88. The number of aryl methyl sites for hydroxylation is 2. The van der Waals surface area contributed by atoms with Crippen LogP contribution in [0.1, 0.15) is 34.3 Å². The molecule has 8 nitrogen and oxygen atoms in total. The Morgan fingerprint density at radius 1 is 1.08 bits per heavy atom. The molecule has 0 saturated carbocycles. The fourth-order valence-electron chi connectivity index (χ4n) is 3.98. The van der Waals surface area contributed by atoms with Gasteiger partial charge >= 0.3 is 5.97 Å². The molecule has 186 valence electrons. The van der Waals surface area contributed by atoms with Gasteiger partial charge in [0.05, 0.1) is 5.02 Å². The van der Waals surface area contributed by atoms with Crippen molar-refractivity contribution in [1.82, 2.24) is 10.3 Å². The second-order valence-electron chi connectivity index (χ2n) is 8.19. The number of nitrogens with one attached hydrogen (secondary N) is 1. The van der Waals surface area contributed by atoms with Gasteiger partial charge in [0, 0.05) is 35.9 Å². The molecule has 0 saturated heterocycles. The van der Waals surface area contributed by atoms with Crippen LogP contribution in [0.3, 0.4) is 0 Å². The molecule has 0 fully saturated rings. The molecule has 36 heavy (non-hydrogen) atoms. The number of nitrogens with zero attached hydrogens (tertiary/aromatic N) is 2. The molecule has 10 heteroatoms. The maximum absolute atomic E-state index is 13.5. The summed E-state index contributed by atoms with van der Waals surface area (Å²) in [6.07, 6.45) is 3.59. The zero-order chi connectivity index (χ0) is 25.7. The monoisotopic (exact) mass is 527 g/mol. The molecule has 1 aliphatic rings. The highest BCUT2D eigenvalue weighted by atomic mass is 35.5. The van der Waals surface area contributed by atoms with E-state index in [1.165, 1.54) is 12.3 Å². The highest BCUT2D eigenvalue weighted by molar-refractivity contribution is 6.34. The van der Waals surface area contributed by atoms with Crippen LogP contribution in [0.4, 0.5) is 5.69 Å². The Hall–Kier alpha value is -3.62. The Balaban J connectivity index is 1.52. The smallest absolute Gasteiger partial charge is 0.322 e. The number of anilines is 1. The number of fused-ring (bicyclic) bond motifs is 1. The van der Waals surface area contributed by atoms with Gasteiger partial charge in [0.2, 0.25) is 11.8 Å². The molecule has 0 unspecified atom stereocenters. The molecule has 0 spiro atoms. The van der Waals surface area contributed by atoms with Crippen molar-refractivity contribution < 1.29 is 24.2 Å². The van der Waals surface area contributed by atoms with E-state index in [0.29, 0.717) is 22.7 Å². The van der Waals surface area contributed by atoms with E-state index < -0.39 is 18.4 Å². The maximum Gasteiger partial charge on any atom is 0.322 e. The van der Waals surface area contributed by atoms with Crippen molar-refractivity contribution in [2.24, 2.45) is 0 Å². The normalized spacial score (nSPS) is 12.6. The first-order chi connectivity index (χ1) is 17.3. The third-order valence-corrected chi connectivity index (χ3v) is 6.37. The lowest BCUT2D eigenvalue weighted by atomic mass is 10.0. The van der Waals surface area contributed by atoms with E-state index in [2.05, 4.69) is 10.3 Å². The van der Waals surface area contributed by atoms with Crippen molar-refractivity contribution in [3.05, 3.63) is 81.5 Å². The van der Waals surface area contributed by atoms with E-state index in [1.807, 2.05) is 24.3 Å². The molecule has 0 radical (unpaired) electrons. The summed E-state index contributed by atoms with van der Waals surface area (Å²) < 4.78 is 5.95. The number of benzene rings is 2. The van der Waals surface area contributed by atoms with Crippen molar-refractivity contribution in [2.45, 2.75) is 25.7 Å². The van der Waals surface area contributed by atoms with Crippen LogP contribution >= 0.6 is 23.2 Å². The van der Waals surface area contributed by atoms with Crippen LogP contribution in [0.5, 0.6) is 11.6 Å². The summed E-state index contributed by atoms with van der Waals surface area (Å²) in [7, 11) is 0. The van der Waals surface area contributed by atoms with Gasteiger partial charge in [-0.1, -0.05) is 41.4 Å². The minimum absolute atomic E-state index is 0.0414. The molecule has 2 amide bonds. The van der Waals surface area contributed by atoms with Crippen molar-refractivity contribution in [3.63, 3.8) is 0 Å². The first kappa shape index (κ1) is 25.5. The molecule has 4 rings (SSSR count). The van der Waals surface area contributed by atoms with Gasteiger partial charge in [0.15, 0.2) is 0 Å². The van der Waals surface area contributed by atoms with Crippen LogP contribution in [-0.2, 0) is 22.4 Å². The number of amides is 2. The van der Waals surface area contributed by atoms with Gasteiger partial charge in [0.25, 0.3) is 5.91 Å². The number of carbonyl (C=O) groups excluding carboxylic acids is 2. The average molecular weight is 528 g/mol. The van der Waals surface area contributed by atoms with Gasteiger partial charge < -0.3 is 20.1 Å². The van der Waals surface area contributed by atoms with Crippen LogP contribution in [0.15, 0.2) is 54.7 Å². The van der Waals surface area contributed by atoms with Crippen LogP contribution in [0, 0.1) is 0 Å². The minimum Gasteiger partial charge on any atom is -0.480 e. The van der Waals surface area contributed by atoms with Crippen LogP contribution in [0.25, 0.3) is 0 Å². The van der Waals surface area contributed by atoms with Crippen molar-refractivity contribution in [2.75, 3.05) is 18.0 Å². The van der Waals surface area contributed by atoms with Crippen LogP contribution in [-0.4, -0.2) is 41.0 Å². The number of para-hydroxylation sites is 1. The van der Waals surface area contributed by atoms with E-state index in [4.69, 9.17) is 33.0 Å². The second-order valence-corrected chi connectivity index (χ2v) is 9.01. The zero-order valence-electron chi connectivity index (χ0n) is 19.2. The first-order valence-corrected chi connectivity index (χ1v) is 12.1. The van der Waals surface area contributed by atoms with Crippen molar-refractivity contribution >= 4 is 46.7 Å². The van der Waals surface area contributed by atoms with Gasteiger partial charge in [-0.2, -0.15) is 0 Å². The molecule has 1 aliphatic heterocycles. The van der Waals surface area contributed by atoms with E-state index in [9.17, 15) is 14.4 Å². The Labute approximate surface area is 217 Å². The number of hydrogen-bond acceptors (Lipinski definition) is 5. The van der Waals surface area contributed by atoms with E-state index >= 15 is 0 Å². The van der Waals surface area contributed by atoms with Crippen molar-refractivity contribution in [1.29, 1.82) is 0 Å². The van der Waals surface area contributed by atoms with Gasteiger partial charge in [0.1, 0.15) is 17.9 Å². The lowest BCUT2D eigenvalue weighted by Gasteiger charge is -2.29. The number of carboxylic acids is 1. The molecule has 0 atom stereocenters.